The van der Waals surface area contributed by atoms with Crippen molar-refractivity contribution in [1.82, 2.24) is 34.5 Å². The molecule has 0 spiro atoms. The van der Waals surface area contributed by atoms with E-state index in [0.717, 1.165) is 16.5 Å². The van der Waals surface area contributed by atoms with Gasteiger partial charge in [0.15, 0.2) is 5.65 Å². The lowest BCUT2D eigenvalue weighted by atomic mass is 10.1. The number of aromatic nitrogens is 7. The van der Waals surface area contributed by atoms with Gasteiger partial charge < -0.3 is 13.8 Å². The van der Waals surface area contributed by atoms with Gasteiger partial charge in [-0.05, 0) is 6.92 Å². The number of imidazole rings is 1. The summed E-state index contributed by atoms with van der Waals surface area (Å²) in [6, 6.07) is 9.78. The van der Waals surface area contributed by atoms with E-state index in [-0.39, 0.29) is 12.6 Å². The molecule has 0 saturated carbocycles. The first kappa shape index (κ1) is 18.3. The van der Waals surface area contributed by atoms with Gasteiger partial charge in [-0.2, -0.15) is 9.61 Å². The molecule has 0 fully saturated rings. The van der Waals surface area contributed by atoms with Crippen molar-refractivity contribution >= 4 is 22.8 Å². The number of azo groups is 1. The lowest BCUT2D eigenvalue weighted by Gasteiger charge is -2.17. The molecule has 1 aliphatic heterocycles. The Balaban J connectivity index is 1.44. The van der Waals surface area contributed by atoms with Crippen LogP contribution in [0.15, 0.2) is 62.6 Å². The van der Waals surface area contributed by atoms with Crippen LogP contribution in [0.5, 0.6) is 6.01 Å². The number of aryl methyl sites for hydroxylation is 2. The van der Waals surface area contributed by atoms with E-state index in [9.17, 15) is 0 Å². The summed E-state index contributed by atoms with van der Waals surface area (Å²) in [4.78, 5) is 8.81. The van der Waals surface area contributed by atoms with E-state index in [4.69, 9.17) is 14.4 Å². The Morgan fingerprint density at radius 3 is 2.75 bits per heavy atom. The largest absolute Gasteiger partial charge is 0.457 e. The Morgan fingerprint density at radius 2 is 2.03 bits per heavy atom. The van der Waals surface area contributed by atoms with E-state index in [1.165, 1.54) is 6.34 Å². The van der Waals surface area contributed by atoms with E-state index in [1.54, 1.807) is 23.8 Å². The molecule has 0 saturated heterocycles. The zero-order valence-corrected chi connectivity index (χ0v) is 17.1. The van der Waals surface area contributed by atoms with Gasteiger partial charge in [-0.15, -0.1) is 15.3 Å². The third-order valence-electron chi connectivity index (χ3n) is 5.17. The first-order chi connectivity index (χ1) is 15.6. The van der Waals surface area contributed by atoms with E-state index < -0.39 is 5.66 Å². The fraction of sp³-hybridized carbons (Fsp3) is 0.200. The van der Waals surface area contributed by atoms with Gasteiger partial charge >= 0.3 is 6.01 Å². The maximum atomic E-state index is 6.01. The van der Waals surface area contributed by atoms with Gasteiger partial charge in [-0.1, -0.05) is 34.5 Å². The summed E-state index contributed by atoms with van der Waals surface area (Å²) in [7, 11) is 1.91. The predicted octanol–water partition coefficient (Wildman–Crippen LogP) is 2.70. The average Bonchev–Trinajstić information content (AvgIpc) is 3.59. The van der Waals surface area contributed by atoms with Crippen LogP contribution < -0.4 is 4.74 Å². The molecule has 5 heterocycles. The highest BCUT2D eigenvalue weighted by Gasteiger charge is 2.39. The van der Waals surface area contributed by atoms with Crippen LogP contribution in [0, 0.1) is 6.92 Å². The molecule has 4 aromatic heterocycles. The van der Waals surface area contributed by atoms with Crippen LogP contribution in [0.1, 0.15) is 11.5 Å². The van der Waals surface area contributed by atoms with Crippen LogP contribution in [0.2, 0.25) is 0 Å². The van der Waals surface area contributed by atoms with E-state index >= 15 is 0 Å². The van der Waals surface area contributed by atoms with Crippen LogP contribution >= 0.6 is 0 Å². The summed E-state index contributed by atoms with van der Waals surface area (Å²) < 4.78 is 14.6. The zero-order valence-electron chi connectivity index (χ0n) is 17.1. The summed E-state index contributed by atoms with van der Waals surface area (Å²) in [5.74, 6) is 0.637. The standard InChI is InChI=1S/C20H16N10O2/c1-12-7-16(27-32-12)20(22-10-23-28-20)9-31-19-25-24-18-14-6-4-3-5-13(14)17(26-30(18)19)15-8-29(2)11-21-15/h3-8,10-11H,9H2,1-2H3. The van der Waals surface area contributed by atoms with Crippen LogP contribution in [0.3, 0.4) is 0 Å². The first-order valence-electron chi connectivity index (χ1n) is 9.78. The van der Waals surface area contributed by atoms with Crippen molar-refractivity contribution in [3.8, 4) is 17.4 Å². The zero-order chi connectivity index (χ0) is 21.7. The SMILES string of the molecule is Cc1cc(C2(COc3nnc4c5ccccc5c(-c5cn(C)cn5)nn34)N=CN=N2)no1. The molecule has 6 rings (SSSR count). The molecule has 12 heteroatoms. The lowest BCUT2D eigenvalue weighted by Crippen LogP contribution is -2.28. The molecule has 1 aromatic carbocycles. The molecular weight excluding hydrogens is 412 g/mol. The Labute approximate surface area is 180 Å². The smallest absolute Gasteiger partial charge is 0.339 e. The molecule has 0 aliphatic carbocycles. The van der Waals surface area contributed by atoms with E-state index in [0.29, 0.717) is 22.8 Å². The predicted molar refractivity (Wildman–Crippen MR) is 112 cm³/mol. The molecule has 32 heavy (non-hydrogen) atoms. The fourth-order valence-electron chi connectivity index (χ4n) is 3.62. The van der Waals surface area contributed by atoms with Crippen LogP contribution in [-0.4, -0.2) is 47.5 Å². The maximum Gasteiger partial charge on any atom is 0.339 e. The quantitative estimate of drug-likeness (QED) is 0.420. The number of fused-ring (bicyclic) bond motifs is 3. The third kappa shape index (κ3) is 2.76. The second-order valence-electron chi connectivity index (χ2n) is 7.42. The van der Waals surface area contributed by atoms with Gasteiger partial charge in [0.1, 0.15) is 35.8 Å². The van der Waals surface area contributed by atoms with E-state index in [1.807, 2.05) is 42.1 Å². The number of nitrogens with zero attached hydrogens (tertiary/aromatic N) is 10. The molecule has 1 aliphatic rings. The number of hydrogen-bond acceptors (Lipinski definition) is 10. The van der Waals surface area contributed by atoms with Crippen LogP contribution in [0.25, 0.3) is 27.8 Å². The fourth-order valence-corrected chi connectivity index (χ4v) is 3.62. The van der Waals surface area contributed by atoms with Gasteiger partial charge in [0, 0.05) is 30.1 Å². The van der Waals surface area contributed by atoms with Crippen molar-refractivity contribution in [1.29, 1.82) is 0 Å². The highest BCUT2D eigenvalue weighted by Crippen LogP contribution is 2.32. The number of aliphatic imine (C=N–C) groups is 1. The molecule has 5 aromatic rings. The number of ether oxygens (including phenoxy) is 1. The molecule has 0 N–H and O–H groups in total. The number of benzene rings is 1. The highest BCUT2D eigenvalue weighted by atomic mass is 16.5. The van der Waals surface area contributed by atoms with Gasteiger partial charge in [-0.3, -0.25) is 0 Å². The summed E-state index contributed by atoms with van der Waals surface area (Å²) >= 11 is 0. The lowest BCUT2D eigenvalue weighted by molar-refractivity contribution is 0.198. The van der Waals surface area contributed by atoms with Crippen LogP contribution in [-0.2, 0) is 12.7 Å². The molecular formula is C20H16N10O2. The molecule has 158 valence electrons. The maximum absolute atomic E-state index is 6.01. The second kappa shape index (κ2) is 6.77. The van der Waals surface area contributed by atoms with Crippen molar-refractivity contribution in [2.75, 3.05) is 6.61 Å². The summed E-state index contributed by atoms with van der Waals surface area (Å²) in [6.45, 7) is 1.79. The molecule has 1 atom stereocenters. The minimum Gasteiger partial charge on any atom is -0.457 e. The molecule has 1 unspecified atom stereocenters. The monoisotopic (exact) mass is 428 g/mol. The summed E-state index contributed by atoms with van der Waals surface area (Å²) in [5.41, 5.74) is 1.34. The molecule has 0 radical (unpaired) electrons. The Morgan fingerprint density at radius 1 is 1.16 bits per heavy atom. The highest BCUT2D eigenvalue weighted by molar-refractivity contribution is 6.00. The van der Waals surface area contributed by atoms with Gasteiger partial charge in [0.2, 0.25) is 0 Å². The minimum atomic E-state index is -1.15. The average molecular weight is 428 g/mol. The Bertz CT molecular complexity index is 1510. The van der Waals surface area contributed by atoms with Gasteiger partial charge in [0.05, 0.1) is 6.33 Å². The van der Waals surface area contributed by atoms with E-state index in [2.05, 4.69) is 35.6 Å². The third-order valence-corrected chi connectivity index (χ3v) is 5.17. The van der Waals surface area contributed by atoms with Gasteiger partial charge in [0.25, 0.3) is 5.66 Å². The summed E-state index contributed by atoms with van der Waals surface area (Å²) in [5, 5.41) is 27.2. The van der Waals surface area contributed by atoms with Crippen molar-refractivity contribution in [2.45, 2.75) is 12.6 Å². The number of hydrogen-bond donors (Lipinski definition) is 0. The minimum absolute atomic E-state index is 0.00675. The first-order valence-corrected chi connectivity index (χ1v) is 9.78. The van der Waals surface area contributed by atoms with Crippen LogP contribution in [0.4, 0.5) is 0 Å². The second-order valence-corrected chi connectivity index (χ2v) is 7.42. The Hall–Kier alpha value is -4.48. The van der Waals surface area contributed by atoms with Gasteiger partial charge in [-0.25, -0.2) is 9.98 Å². The van der Waals surface area contributed by atoms with Crippen molar-refractivity contribution in [3.05, 3.63) is 54.3 Å². The van der Waals surface area contributed by atoms with Crippen molar-refractivity contribution in [2.24, 2.45) is 22.3 Å². The molecule has 0 amide bonds. The Kier molecular flexibility index (Phi) is 3.87. The van der Waals surface area contributed by atoms with Crippen molar-refractivity contribution < 1.29 is 9.26 Å². The topological polar surface area (TPSA) is 133 Å². The molecule has 12 nitrogen and oxygen atoms in total. The summed E-state index contributed by atoms with van der Waals surface area (Å²) in [6.07, 6.45) is 4.99. The number of rotatable bonds is 5. The molecule has 0 bridgehead atoms. The normalized spacial score (nSPS) is 17.7. The van der Waals surface area contributed by atoms with Crippen molar-refractivity contribution in [3.63, 3.8) is 0 Å².